The number of rotatable bonds is 4. The minimum atomic E-state index is -0.0564. The lowest BCUT2D eigenvalue weighted by molar-refractivity contribution is -0.125. The van der Waals surface area contributed by atoms with E-state index in [-0.39, 0.29) is 18.6 Å². The van der Waals surface area contributed by atoms with E-state index in [1.165, 1.54) is 0 Å². The van der Waals surface area contributed by atoms with Gasteiger partial charge >= 0.3 is 0 Å². The lowest BCUT2D eigenvalue weighted by Crippen LogP contribution is -2.45. The van der Waals surface area contributed by atoms with Crippen molar-refractivity contribution in [2.75, 3.05) is 46.4 Å². The Balaban J connectivity index is 2.43. The Morgan fingerprint density at radius 1 is 1.38 bits per heavy atom. The van der Waals surface area contributed by atoms with Gasteiger partial charge in [0.2, 0.25) is 5.91 Å². The zero-order valence-electron chi connectivity index (χ0n) is 10.3. The first kappa shape index (κ1) is 13.4. The number of carbonyl (C=O) groups is 1. The van der Waals surface area contributed by atoms with E-state index in [2.05, 4.69) is 15.1 Å². The molecular weight excluding hydrogens is 206 g/mol. The summed E-state index contributed by atoms with van der Waals surface area (Å²) in [5, 5.41) is 11.6. The molecule has 0 aromatic carbocycles. The van der Waals surface area contributed by atoms with Crippen molar-refractivity contribution in [1.29, 1.82) is 0 Å². The number of aliphatic hydroxyl groups excluding tert-OH is 1. The highest BCUT2D eigenvalue weighted by atomic mass is 16.3. The van der Waals surface area contributed by atoms with Crippen LogP contribution in [0.2, 0.25) is 0 Å². The first-order valence-corrected chi connectivity index (χ1v) is 5.98. The van der Waals surface area contributed by atoms with Crippen molar-refractivity contribution in [2.45, 2.75) is 19.4 Å². The second kappa shape index (κ2) is 6.83. The highest BCUT2D eigenvalue weighted by Gasteiger charge is 2.22. The van der Waals surface area contributed by atoms with E-state index in [1.807, 2.05) is 6.92 Å². The molecule has 1 fully saturated rings. The molecule has 0 radical (unpaired) electrons. The fourth-order valence-electron chi connectivity index (χ4n) is 2.12. The fourth-order valence-corrected chi connectivity index (χ4v) is 2.12. The summed E-state index contributed by atoms with van der Waals surface area (Å²) in [7, 11) is 1.68. The van der Waals surface area contributed by atoms with E-state index in [0.717, 1.165) is 39.1 Å². The Hall–Kier alpha value is -0.650. The average molecular weight is 229 g/mol. The molecule has 0 aliphatic carbocycles. The molecule has 1 atom stereocenters. The van der Waals surface area contributed by atoms with Gasteiger partial charge in [-0.2, -0.15) is 0 Å². The van der Waals surface area contributed by atoms with Crippen LogP contribution in [-0.2, 0) is 4.79 Å². The van der Waals surface area contributed by atoms with Crippen LogP contribution in [0.4, 0.5) is 0 Å². The number of aliphatic hydroxyl groups is 1. The summed E-state index contributed by atoms with van der Waals surface area (Å²) in [6, 6.07) is -0.0564. The summed E-state index contributed by atoms with van der Waals surface area (Å²) in [5.74, 6) is 0.0793. The van der Waals surface area contributed by atoms with E-state index >= 15 is 0 Å². The SMILES string of the molecule is CNC(=O)C(C)N1CCCN(CCO)CC1. The van der Waals surface area contributed by atoms with Gasteiger partial charge < -0.3 is 10.4 Å². The molecule has 16 heavy (non-hydrogen) atoms. The van der Waals surface area contributed by atoms with Crippen LogP contribution in [-0.4, -0.2) is 73.2 Å². The monoisotopic (exact) mass is 229 g/mol. The smallest absolute Gasteiger partial charge is 0.236 e. The molecule has 5 nitrogen and oxygen atoms in total. The van der Waals surface area contributed by atoms with Crippen molar-refractivity contribution in [1.82, 2.24) is 15.1 Å². The third-order valence-corrected chi connectivity index (χ3v) is 3.21. The van der Waals surface area contributed by atoms with Crippen molar-refractivity contribution in [3.8, 4) is 0 Å². The van der Waals surface area contributed by atoms with Gasteiger partial charge in [-0.1, -0.05) is 0 Å². The molecule has 0 aromatic rings. The topological polar surface area (TPSA) is 55.8 Å². The van der Waals surface area contributed by atoms with Crippen LogP contribution < -0.4 is 5.32 Å². The van der Waals surface area contributed by atoms with Crippen LogP contribution in [0.5, 0.6) is 0 Å². The molecule has 1 amide bonds. The predicted octanol–water partition coefficient (Wildman–Crippen LogP) is -0.879. The molecule has 1 aliphatic rings. The summed E-state index contributed by atoms with van der Waals surface area (Å²) >= 11 is 0. The van der Waals surface area contributed by atoms with Crippen molar-refractivity contribution >= 4 is 5.91 Å². The Labute approximate surface area is 97.4 Å². The minimum Gasteiger partial charge on any atom is -0.395 e. The number of nitrogens with zero attached hydrogens (tertiary/aromatic N) is 2. The normalized spacial score (nSPS) is 21.4. The molecule has 0 bridgehead atoms. The maximum Gasteiger partial charge on any atom is 0.236 e. The van der Waals surface area contributed by atoms with E-state index in [4.69, 9.17) is 5.11 Å². The number of β-amino-alcohol motifs (C(OH)–C–C–N with tert-alkyl or cyclic N) is 1. The Morgan fingerprint density at radius 2 is 2.12 bits per heavy atom. The van der Waals surface area contributed by atoms with Gasteiger partial charge in [0.05, 0.1) is 12.6 Å². The Kier molecular flexibility index (Phi) is 5.73. The van der Waals surface area contributed by atoms with Gasteiger partial charge in [0.1, 0.15) is 0 Å². The molecule has 1 saturated heterocycles. The zero-order valence-corrected chi connectivity index (χ0v) is 10.3. The number of hydrogen-bond acceptors (Lipinski definition) is 4. The third kappa shape index (κ3) is 3.73. The molecule has 5 heteroatoms. The number of nitrogens with one attached hydrogen (secondary N) is 1. The van der Waals surface area contributed by atoms with Gasteiger partial charge in [-0.05, 0) is 19.9 Å². The van der Waals surface area contributed by atoms with Crippen LogP contribution >= 0.6 is 0 Å². The first-order valence-electron chi connectivity index (χ1n) is 5.98. The Morgan fingerprint density at radius 3 is 2.75 bits per heavy atom. The molecule has 1 aliphatic heterocycles. The van der Waals surface area contributed by atoms with E-state index in [1.54, 1.807) is 7.05 Å². The molecule has 0 aromatic heterocycles. The minimum absolute atomic E-state index is 0.0564. The molecule has 0 saturated carbocycles. The summed E-state index contributed by atoms with van der Waals surface area (Å²) in [4.78, 5) is 16.0. The lowest BCUT2D eigenvalue weighted by Gasteiger charge is -2.26. The quantitative estimate of drug-likeness (QED) is 0.657. The van der Waals surface area contributed by atoms with Gasteiger partial charge in [-0.25, -0.2) is 0 Å². The van der Waals surface area contributed by atoms with E-state index < -0.39 is 0 Å². The standard InChI is InChI=1S/C11H23N3O2/c1-10(11(16)12-2)14-5-3-4-13(6-7-14)8-9-15/h10,15H,3-9H2,1-2H3,(H,12,16). The predicted molar refractivity (Wildman–Crippen MR) is 63.2 cm³/mol. The number of likely N-dealkylation sites (N-methyl/N-ethyl adjacent to an activating group) is 1. The number of amides is 1. The highest BCUT2D eigenvalue weighted by Crippen LogP contribution is 2.06. The van der Waals surface area contributed by atoms with Crippen LogP contribution in [0.3, 0.4) is 0 Å². The molecule has 1 rings (SSSR count). The van der Waals surface area contributed by atoms with Crippen molar-refractivity contribution < 1.29 is 9.90 Å². The highest BCUT2D eigenvalue weighted by molar-refractivity contribution is 5.80. The summed E-state index contributed by atoms with van der Waals surface area (Å²) < 4.78 is 0. The number of carbonyl (C=O) groups excluding carboxylic acids is 1. The summed E-state index contributed by atoms with van der Waals surface area (Å²) in [5.41, 5.74) is 0. The maximum absolute atomic E-state index is 11.5. The van der Waals surface area contributed by atoms with Gasteiger partial charge in [0.25, 0.3) is 0 Å². The van der Waals surface area contributed by atoms with Crippen LogP contribution in [0, 0.1) is 0 Å². The van der Waals surface area contributed by atoms with Crippen LogP contribution in [0.1, 0.15) is 13.3 Å². The van der Waals surface area contributed by atoms with E-state index in [0.29, 0.717) is 0 Å². The third-order valence-electron chi connectivity index (χ3n) is 3.21. The number of hydrogen-bond donors (Lipinski definition) is 2. The van der Waals surface area contributed by atoms with Crippen molar-refractivity contribution in [3.05, 3.63) is 0 Å². The molecule has 0 spiro atoms. The zero-order chi connectivity index (χ0) is 12.0. The van der Waals surface area contributed by atoms with Crippen LogP contribution in [0.25, 0.3) is 0 Å². The molecule has 1 unspecified atom stereocenters. The first-order chi connectivity index (χ1) is 7.69. The van der Waals surface area contributed by atoms with Gasteiger partial charge in [0.15, 0.2) is 0 Å². The second-order valence-corrected chi connectivity index (χ2v) is 4.24. The molecular formula is C11H23N3O2. The molecule has 2 N–H and O–H groups in total. The van der Waals surface area contributed by atoms with Crippen molar-refractivity contribution in [2.24, 2.45) is 0 Å². The van der Waals surface area contributed by atoms with Crippen LogP contribution in [0.15, 0.2) is 0 Å². The Bertz CT molecular complexity index is 223. The average Bonchev–Trinajstić information content (AvgIpc) is 2.53. The summed E-state index contributed by atoms with van der Waals surface area (Å²) in [6.45, 7) is 6.69. The van der Waals surface area contributed by atoms with Gasteiger partial charge in [0, 0.05) is 33.2 Å². The summed E-state index contributed by atoms with van der Waals surface area (Å²) in [6.07, 6.45) is 1.06. The van der Waals surface area contributed by atoms with E-state index in [9.17, 15) is 4.79 Å². The largest absolute Gasteiger partial charge is 0.395 e. The second-order valence-electron chi connectivity index (χ2n) is 4.24. The molecule has 1 heterocycles. The fraction of sp³-hybridized carbons (Fsp3) is 0.909. The lowest BCUT2D eigenvalue weighted by atomic mass is 10.2. The van der Waals surface area contributed by atoms with Crippen molar-refractivity contribution in [3.63, 3.8) is 0 Å². The van der Waals surface area contributed by atoms with Gasteiger partial charge in [-0.3, -0.25) is 14.6 Å². The maximum atomic E-state index is 11.5. The van der Waals surface area contributed by atoms with Gasteiger partial charge in [-0.15, -0.1) is 0 Å². The molecule has 94 valence electrons.